The van der Waals surface area contributed by atoms with Crippen LogP contribution in [0.5, 0.6) is 0 Å². The average molecular weight is 180 g/mol. The topological polar surface area (TPSA) is 91.7 Å². The van der Waals surface area contributed by atoms with Crippen molar-refractivity contribution in [3.63, 3.8) is 0 Å². The van der Waals surface area contributed by atoms with Gasteiger partial charge in [-0.05, 0) is 6.92 Å². The first kappa shape index (κ1) is 10.3. The number of ketones is 1. The molecule has 2 unspecified atom stereocenters. The van der Waals surface area contributed by atoms with E-state index in [4.69, 9.17) is 10.00 Å². The van der Waals surface area contributed by atoms with Crippen LogP contribution >= 0.6 is 7.37 Å². The molecule has 11 heavy (non-hydrogen) atoms. The SMILES string of the molecule is CC(=O)C(C(=O)O)P(C)(=O)O. The zero-order valence-corrected chi connectivity index (χ0v) is 7.04. The van der Waals surface area contributed by atoms with Crippen LogP contribution in [0.25, 0.3) is 0 Å². The summed E-state index contributed by atoms with van der Waals surface area (Å²) < 4.78 is 10.8. The van der Waals surface area contributed by atoms with Crippen molar-refractivity contribution >= 4 is 19.1 Å². The smallest absolute Gasteiger partial charge is 0.323 e. The van der Waals surface area contributed by atoms with Gasteiger partial charge in [0.15, 0.2) is 11.4 Å². The predicted molar refractivity (Wildman–Crippen MR) is 37.9 cm³/mol. The van der Waals surface area contributed by atoms with E-state index in [-0.39, 0.29) is 0 Å². The molecule has 0 fully saturated rings. The quantitative estimate of drug-likeness (QED) is 0.468. The summed E-state index contributed by atoms with van der Waals surface area (Å²) in [7, 11) is -3.84. The fraction of sp³-hybridized carbons (Fsp3) is 0.600. The maximum absolute atomic E-state index is 10.8. The van der Waals surface area contributed by atoms with Crippen LogP contribution in [0.15, 0.2) is 0 Å². The van der Waals surface area contributed by atoms with Crippen molar-refractivity contribution in [2.45, 2.75) is 12.6 Å². The third-order valence-corrected chi connectivity index (χ3v) is 2.64. The van der Waals surface area contributed by atoms with Crippen molar-refractivity contribution in [1.29, 1.82) is 0 Å². The zero-order valence-electron chi connectivity index (χ0n) is 6.14. The Morgan fingerprint density at radius 1 is 1.45 bits per heavy atom. The molecule has 0 spiro atoms. The Morgan fingerprint density at radius 3 is 1.82 bits per heavy atom. The predicted octanol–water partition coefficient (Wildman–Crippen LogP) is -0.0712. The molecular formula is C5H9O5P. The number of carbonyl (C=O) groups excluding carboxylic acids is 1. The van der Waals surface area contributed by atoms with E-state index in [1.807, 2.05) is 0 Å². The van der Waals surface area contributed by atoms with Gasteiger partial charge in [-0.25, -0.2) is 0 Å². The van der Waals surface area contributed by atoms with E-state index in [1.54, 1.807) is 0 Å². The zero-order chi connectivity index (χ0) is 9.23. The summed E-state index contributed by atoms with van der Waals surface area (Å²) in [6.45, 7) is 1.83. The normalized spacial score (nSPS) is 18.5. The number of Topliss-reactive ketones (excluding diaryl/α,β-unsaturated/α-hetero) is 1. The first-order valence-corrected chi connectivity index (χ1v) is 4.97. The fourth-order valence-electron chi connectivity index (χ4n) is 0.716. The van der Waals surface area contributed by atoms with Crippen molar-refractivity contribution < 1.29 is 24.2 Å². The molecule has 0 aromatic heterocycles. The molecule has 0 aliphatic rings. The molecule has 0 rings (SSSR count). The molecule has 0 aromatic rings. The van der Waals surface area contributed by atoms with Gasteiger partial charge in [0.05, 0.1) is 0 Å². The molecule has 2 atom stereocenters. The van der Waals surface area contributed by atoms with Gasteiger partial charge >= 0.3 is 5.97 Å². The third-order valence-electron chi connectivity index (χ3n) is 1.10. The molecule has 6 heteroatoms. The van der Waals surface area contributed by atoms with Crippen LogP contribution in [-0.2, 0) is 14.2 Å². The number of carboxylic acids is 1. The third kappa shape index (κ3) is 2.82. The molecule has 0 amide bonds. The van der Waals surface area contributed by atoms with Crippen LogP contribution in [0.4, 0.5) is 0 Å². The van der Waals surface area contributed by atoms with Crippen LogP contribution in [0.3, 0.4) is 0 Å². The summed E-state index contributed by atoms with van der Waals surface area (Å²) in [5.74, 6) is -2.35. The monoisotopic (exact) mass is 180 g/mol. The molecule has 2 N–H and O–H groups in total. The number of rotatable bonds is 3. The Kier molecular flexibility index (Phi) is 2.96. The van der Waals surface area contributed by atoms with Crippen LogP contribution < -0.4 is 0 Å². The van der Waals surface area contributed by atoms with Gasteiger partial charge in [0.1, 0.15) is 0 Å². The van der Waals surface area contributed by atoms with Gasteiger partial charge in [-0.2, -0.15) is 0 Å². The van der Waals surface area contributed by atoms with Gasteiger partial charge in [-0.3, -0.25) is 14.2 Å². The highest BCUT2D eigenvalue weighted by Crippen LogP contribution is 2.42. The maximum Gasteiger partial charge on any atom is 0.323 e. The van der Waals surface area contributed by atoms with E-state index in [0.29, 0.717) is 0 Å². The van der Waals surface area contributed by atoms with Crippen LogP contribution in [0.1, 0.15) is 6.92 Å². The van der Waals surface area contributed by atoms with Crippen molar-refractivity contribution in [1.82, 2.24) is 0 Å². The average Bonchev–Trinajstić information content (AvgIpc) is 1.54. The van der Waals surface area contributed by atoms with Crippen molar-refractivity contribution in [2.24, 2.45) is 0 Å². The fourth-order valence-corrected chi connectivity index (χ4v) is 1.80. The molecule has 0 saturated heterocycles. The van der Waals surface area contributed by atoms with E-state index in [2.05, 4.69) is 0 Å². The Bertz CT molecular complexity index is 213. The number of hydrogen-bond acceptors (Lipinski definition) is 3. The minimum atomic E-state index is -3.84. The highest BCUT2D eigenvalue weighted by molar-refractivity contribution is 7.60. The van der Waals surface area contributed by atoms with Crippen molar-refractivity contribution in [3.05, 3.63) is 0 Å². The first-order valence-electron chi connectivity index (χ1n) is 2.80. The lowest BCUT2D eigenvalue weighted by Crippen LogP contribution is -2.27. The number of hydrogen-bond donors (Lipinski definition) is 2. The molecule has 0 saturated carbocycles. The van der Waals surface area contributed by atoms with Crippen LogP contribution in [0.2, 0.25) is 0 Å². The summed E-state index contributed by atoms with van der Waals surface area (Å²) in [5, 5.41) is 8.33. The highest BCUT2D eigenvalue weighted by atomic mass is 31.2. The van der Waals surface area contributed by atoms with Gasteiger partial charge in [0, 0.05) is 6.66 Å². The summed E-state index contributed by atoms with van der Waals surface area (Å²) in [6.07, 6.45) is 0. The Morgan fingerprint density at radius 2 is 1.82 bits per heavy atom. The summed E-state index contributed by atoms with van der Waals surface area (Å²) in [4.78, 5) is 29.5. The molecule has 0 aromatic carbocycles. The standard InChI is InChI=1S/C5H9O5P/c1-3(6)4(5(7)8)11(2,9)10/h4H,1-2H3,(H,7,8)(H,9,10). The van der Waals surface area contributed by atoms with Gasteiger partial charge in [-0.15, -0.1) is 0 Å². The van der Waals surface area contributed by atoms with E-state index >= 15 is 0 Å². The van der Waals surface area contributed by atoms with E-state index in [1.165, 1.54) is 0 Å². The second-order valence-electron chi connectivity index (χ2n) is 2.29. The number of carboxylic acid groups (broad SMARTS) is 1. The minimum absolute atomic E-state index is 0.800. The van der Waals surface area contributed by atoms with Crippen LogP contribution in [0, 0.1) is 0 Å². The van der Waals surface area contributed by atoms with Gasteiger partial charge < -0.3 is 10.00 Å². The van der Waals surface area contributed by atoms with E-state index in [9.17, 15) is 14.2 Å². The molecule has 0 radical (unpaired) electrons. The Hall–Kier alpha value is -0.670. The lowest BCUT2D eigenvalue weighted by Gasteiger charge is -2.11. The summed E-state index contributed by atoms with van der Waals surface area (Å²) in [6, 6.07) is 0. The van der Waals surface area contributed by atoms with Crippen LogP contribution in [-0.4, -0.2) is 34.1 Å². The van der Waals surface area contributed by atoms with E-state index in [0.717, 1.165) is 13.6 Å². The lowest BCUT2D eigenvalue weighted by atomic mass is 10.3. The number of aliphatic carboxylic acids is 1. The molecule has 0 heterocycles. The molecule has 0 aliphatic carbocycles. The van der Waals surface area contributed by atoms with E-state index < -0.39 is 24.8 Å². The Labute approximate surface area is 63.5 Å². The summed E-state index contributed by atoms with van der Waals surface area (Å²) in [5.41, 5.74) is -1.78. The van der Waals surface area contributed by atoms with Crippen molar-refractivity contribution in [2.75, 3.05) is 6.66 Å². The van der Waals surface area contributed by atoms with Gasteiger partial charge in [0.2, 0.25) is 7.37 Å². The van der Waals surface area contributed by atoms with Gasteiger partial charge in [0.25, 0.3) is 0 Å². The minimum Gasteiger partial charge on any atom is -0.480 e. The highest BCUT2D eigenvalue weighted by Gasteiger charge is 2.36. The molecule has 64 valence electrons. The summed E-state index contributed by atoms with van der Waals surface area (Å²) >= 11 is 0. The molecular weight excluding hydrogens is 171 g/mol. The maximum atomic E-state index is 10.8. The largest absolute Gasteiger partial charge is 0.480 e. The Balaban J connectivity index is 4.78. The molecule has 0 aliphatic heterocycles. The molecule has 0 bridgehead atoms. The molecule has 5 nitrogen and oxygen atoms in total. The van der Waals surface area contributed by atoms with Gasteiger partial charge in [-0.1, -0.05) is 0 Å². The number of carbonyl (C=O) groups is 2. The lowest BCUT2D eigenvalue weighted by molar-refractivity contribution is -0.139. The second kappa shape index (κ2) is 3.15. The van der Waals surface area contributed by atoms with Crippen molar-refractivity contribution in [3.8, 4) is 0 Å². The first-order chi connectivity index (χ1) is 4.76. The second-order valence-corrected chi connectivity index (χ2v) is 4.70.